The Hall–Kier alpha value is -2.00. The van der Waals surface area contributed by atoms with E-state index < -0.39 is 0 Å². The molecule has 2 nitrogen and oxygen atoms in total. The summed E-state index contributed by atoms with van der Waals surface area (Å²) < 4.78 is 14.7. The number of fused-ring (bicyclic) bond motifs is 1. The maximum Gasteiger partial charge on any atom is 0.141 e. The van der Waals surface area contributed by atoms with Gasteiger partial charge < -0.3 is 9.67 Å². The number of halogens is 2. The predicted molar refractivity (Wildman–Crippen MR) is 69.9 cm³/mol. The van der Waals surface area contributed by atoms with Crippen molar-refractivity contribution in [3.05, 3.63) is 59.5 Å². The third-order valence-electron chi connectivity index (χ3n) is 2.85. The van der Waals surface area contributed by atoms with E-state index >= 15 is 0 Å². The Morgan fingerprint density at radius 2 is 1.78 bits per heavy atom. The zero-order chi connectivity index (χ0) is 12.7. The molecular weight excluding hydrogens is 253 g/mol. The quantitative estimate of drug-likeness (QED) is 0.700. The van der Waals surface area contributed by atoms with Crippen molar-refractivity contribution in [3.8, 4) is 11.4 Å². The highest BCUT2D eigenvalue weighted by Gasteiger charge is 2.09. The molecule has 0 unspecified atom stereocenters. The molecule has 18 heavy (non-hydrogen) atoms. The van der Waals surface area contributed by atoms with Gasteiger partial charge in [-0.1, -0.05) is 11.6 Å². The molecule has 0 amide bonds. The molecule has 0 fully saturated rings. The first-order chi connectivity index (χ1) is 8.65. The number of aromatic nitrogens is 1. The van der Waals surface area contributed by atoms with Crippen LogP contribution in [0.1, 0.15) is 0 Å². The highest BCUT2D eigenvalue weighted by atomic mass is 35.5. The Bertz CT molecular complexity index is 718. The Labute approximate surface area is 108 Å². The normalized spacial score (nSPS) is 11.0. The third-order valence-corrected chi connectivity index (χ3v) is 3.09. The summed E-state index contributed by atoms with van der Waals surface area (Å²) >= 11 is 5.90. The van der Waals surface area contributed by atoms with E-state index in [1.165, 1.54) is 12.1 Å². The molecule has 90 valence electrons. The zero-order valence-corrected chi connectivity index (χ0v) is 10.0. The van der Waals surface area contributed by atoms with E-state index in [2.05, 4.69) is 0 Å². The smallest absolute Gasteiger partial charge is 0.141 e. The van der Waals surface area contributed by atoms with Gasteiger partial charge in [0.1, 0.15) is 11.6 Å². The first kappa shape index (κ1) is 11.1. The number of hydrogen-bond acceptors (Lipinski definition) is 1. The summed E-state index contributed by atoms with van der Waals surface area (Å²) in [7, 11) is 0. The van der Waals surface area contributed by atoms with Gasteiger partial charge in [-0.3, -0.25) is 0 Å². The molecule has 0 radical (unpaired) electrons. The van der Waals surface area contributed by atoms with Gasteiger partial charge in [-0.2, -0.15) is 0 Å². The first-order valence-corrected chi connectivity index (χ1v) is 5.78. The van der Waals surface area contributed by atoms with Gasteiger partial charge in [-0.05, 0) is 42.5 Å². The maximum atomic E-state index is 12.9. The lowest BCUT2D eigenvalue weighted by atomic mass is 10.2. The van der Waals surface area contributed by atoms with Crippen molar-refractivity contribution in [1.82, 2.24) is 4.57 Å². The lowest BCUT2D eigenvalue weighted by Gasteiger charge is -2.04. The summed E-state index contributed by atoms with van der Waals surface area (Å²) in [5, 5.41) is 11.1. The molecule has 3 rings (SSSR count). The van der Waals surface area contributed by atoms with Crippen LogP contribution in [0.5, 0.6) is 5.75 Å². The van der Waals surface area contributed by atoms with Crippen LogP contribution in [0.3, 0.4) is 0 Å². The van der Waals surface area contributed by atoms with Crippen LogP contribution in [0.25, 0.3) is 16.6 Å². The number of benzene rings is 2. The van der Waals surface area contributed by atoms with Gasteiger partial charge in [-0.15, -0.1) is 0 Å². The van der Waals surface area contributed by atoms with Gasteiger partial charge in [0.05, 0.1) is 11.7 Å². The number of hydrogen-bond donors (Lipinski definition) is 1. The topological polar surface area (TPSA) is 25.2 Å². The van der Waals surface area contributed by atoms with E-state index in [4.69, 9.17) is 11.6 Å². The lowest BCUT2D eigenvalue weighted by Crippen LogP contribution is -1.91. The molecule has 0 saturated heterocycles. The Morgan fingerprint density at radius 1 is 1.06 bits per heavy atom. The first-order valence-electron chi connectivity index (χ1n) is 5.41. The van der Waals surface area contributed by atoms with Crippen LogP contribution < -0.4 is 0 Å². The predicted octanol–water partition coefficient (Wildman–Crippen LogP) is 4.13. The van der Waals surface area contributed by atoms with Crippen LogP contribution >= 0.6 is 11.6 Å². The van der Waals surface area contributed by atoms with Gasteiger partial charge in [0.25, 0.3) is 0 Å². The third kappa shape index (κ3) is 1.73. The van der Waals surface area contributed by atoms with Gasteiger partial charge in [0.15, 0.2) is 0 Å². The molecular formula is C14H9ClFNO. The van der Waals surface area contributed by atoms with E-state index in [-0.39, 0.29) is 11.6 Å². The average molecular weight is 262 g/mol. The molecule has 0 spiro atoms. The molecule has 2 aromatic carbocycles. The minimum atomic E-state index is -0.289. The van der Waals surface area contributed by atoms with E-state index in [0.717, 1.165) is 11.2 Å². The fraction of sp³-hybridized carbons (Fsp3) is 0. The molecule has 0 aliphatic heterocycles. The summed E-state index contributed by atoms with van der Waals surface area (Å²) in [4.78, 5) is 0. The molecule has 1 heterocycles. The highest BCUT2D eigenvalue weighted by molar-refractivity contribution is 6.31. The van der Waals surface area contributed by atoms with Crippen molar-refractivity contribution in [3.63, 3.8) is 0 Å². The van der Waals surface area contributed by atoms with Gasteiger partial charge in [0.2, 0.25) is 0 Å². The van der Waals surface area contributed by atoms with Crippen LogP contribution in [0, 0.1) is 5.82 Å². The highest BCUT2D eigenvalue weighted by Crippen LogP contribution is 2.31. The Kier molecular flexibility index (Phi) is 2.49. The van der Waals surface area contributed by atoms with Crippen LogP contribution in [-0.2, 0) is 0 Å². The molecule has 4 heteroatoms. The van der Waals surface area contributed by atoms with Crippen LogP contribution in [-0.4, -0.2) is 9.67 Å². The Balaban J connectivity index is 2.26. The number of nitrogens with zero attached hydrogens (tertiary/aromatic N) is 1. The van der Waals surface area contributed by atoms with Crippen molar-refractivity contribution in [2.24, 2.45) is 0 Å². The second-order valence-electron chi connectivity index (χ2n) is 4.02. The average Bonchev–Trinajstić information content (AvgIpc) is 2.68. The van der Waals surface area contributed by atoms with E-state index in [1.54, 1.807) is 35.0 Å². The summed E-state index contributed by atoms with van der Waals surface area (Å²) in [6.45, 7) is 0. The van der Waals surface area contributed by atoms with Crippen molar-refractivity contribution in [1.29, 1.82) is 0 Å². The standard InChI is InChI=1S/C14H9ClFNO/c15-9-1-6-13-12(7-9)14(18)8-17(13)11-4-2-10(16)3-5-11/h1-8,18H. The van der Waals surface area contributed by atoms with Gasteiger partial charge in [-0.25, -0.2) is 4.39 Å². The van der Waals surface area contributed by atoms with Gasteiger partial charge in [0, 0.05) is 16.1 Å². The molecule has 0 atom stereocenters. The molecule has 0 bridgehead atoms. The minimum absolute atomic E-state index is 0.150. The van der Waals surface area contributed by atoms with E-state index in [0.29, 0.717) is 10.4 Å². The molecule has 1 N–H and O–H groups in total. The zero-order valence-electron chi connectivity index (χ0n) is 9.27. The van der Waals surface area contributed by atoms with Crippen LogP contribution in [0.15, 0.2) is 48.7 Å². The molecule has 3 aromatic rings. The van der Waals surface area contributed by atoms with E-state index in [1.807, 2.05) is 6.07 Å². The molecule has 0 aliphatic rings. The SMILES string of the molecule is Oc1cn(-c2ccc(F)cc2)c2ccc(Cl)cc12. The largest absolute Gasteiger partial charge is 0.506 e. The van der Waals surface area contributed by atoms with Crippen molar-refractivity contribution < 1.29 is 9.50 Å². The maximum absolute atomic E-state index is 12.9. The van der Waals surface area contributed by atoms with E-state index in [9.17, 15) is 9.50 Å². The summed E-state index contributed by atoms with van der Waals surface area (Å²) in [6, 6.07) is 11.4. The van der Waals surface area contributed by atoms with Crippen molar-refractivity contribution >= 4 is 22.5 Å². The second-order valence-corrected chi connectivity index (χ2v) is 4.46. The monoisotopic (exact) mass is 261 g/mol. The second kappa shape index (κ2) is 4.03. The van der Waals surface area contributed by atoms with Crippen LogP contribution in [0.4, 0.5) is 4.39 Å². The summed E-state index contributed by atoms with van der Waals surface area (Å²) in [5.41, 5.74) is 1.60. The Morgan fingerprint density at radius 3 is 2.50 bits per heavy atom. The molecule has 0 aliphatic carbocycles. The van der Waals surface area contributed by atoms with Crippen molar-refractivity contribution in [2.75, 3.05) is 0 Å². The minimum Gasteiger partial charge on any atom is -0.506 e. The number of aromatic hydroxyl groups is 1. The molecule has 1 aromatic heterocycles. The van der Waals surface area contributed by atoms with Gasteiger partial charge >= 0.3 is 0 Å². The number of rotatable bonds is 1. The fourth-order valence-electron chi connectivity index (χ4n) is 2.00. The summed E-state index contributed by atoms with van der Waals surface area (Å²) in [6.07, 6.45) is 1.59. The molecule has 0 saturated carbocycles. The lowest BCUT2D eigenvalue weighted by molar-refractivity contribution is 0.480. The van der Waals surface area contributed by atoms with Crippen molar-refractivity contribution in [2.45, 2.75) is 0 Å². The summed E-state index contributed by atoms with van der Waals surface area (Å²) in [5.74, 6) is -0.140. The fourth-order valence-corrected chi connectivity index (χ4v) is 2.17. The van der Waals surface area contributed by atoms with Crippen LogP contribution in [0.2, 0.25) is 5.02 Å².